The lowest BCUT2D eigenvalue weighted by Gasteiger charge is -2.62. The van der Waals surface area contributed by atoms with Crippen LogP contribution in [0.1, 0.15) is 53.9 Å². The lowest BCUT2D eigenvalue weighted by atomic mass is 9.65. The predicted octanol–water partition coefficient (Wildman–Crippen LogP) is 2.54. The normalized spacial score (nSPS) is 24.2. The minimum absolute atomic E-state index is 0. The van der Waals surface area contributed by atoms with E-state index in [1.807, 2.05) is 0 Å². The number of nitrogens with one attached hydrogen (secondary N) is 1. The predicted molar refractivity (Wildman–Crippen MR) is 112 cm³/mol. The molecule has 0 aromatic heterocycles. The van der Waals surface area contributed by atoms with E-state index >= 15 is 0 Å². The van der Waals surface area contributed by atoms with Gasteiger partial charge in [0.25, 0.3) is 0 Å². The van der Waals surface area contributed by atoms with E-state index in [-0.39, 0.29) is 35.6 Å². The van der Waals surface area contributed by atoms with Crippen molar-refractivity contribution in [3.63, 3.8) is 0 Å². The smallest absolute Gasteiger partial charge is 0.194 e. The molecule has 2 aliphatic heterocycles. The number of aliphatic hydroxyl groups is 1. The Morgan fingerprint density at radius 3 is 2.33 bits per heavy atom. The fourth-order valence-corrected chi connectivity index (χ4v) is 3.42. The maximum Gasteiger partial charge on any atom is 0.194 e. The first-order chi connectivity index (χ1) is 10.8. The highest BCUT2D eigenvalue weighted by atomic mass is 127. The Balaban J connectivity index is 0.00000288. The Hall–Kier alpha value is -0.0800. The van der Waals surface area contributed by atoms with Gasteiger partial charge in [-0.05, 0) is 46.6 Å². The fourth-order valence-electron chi connectivity index (χ4n) is 3.42. The summed E-state index contributed by atoms with van der Waals surface area (Å²) in [4.78, 5) is 9.71. The fraction of sp³-hybridized carbons (Fsp3) is 0.944. The molecule has 24 heavy (non-hydrogen) atoms. The van der Waals surface area contributed by atoms with Gasteiger partial charge in [0.1, 0.15) is 0 Å². The van der Waals surface area contributed by atoms with Crippen molar-refractivity contribution in [2.75, 3.05) is 39.3 Å². The first kappa shape index (κ1) is 22.0. The maximum absolute atomic E-state index is 9.55. The summed E-state index contributed by atoms with van der Waals surface area (Å²) in [5.74, 6) is 1.06. The SMILES string of the molecule is CCNC(=NCCCN1CCC(O)CC1)N1CC(C)(C)C1(C)C.I. The Kier molecular flexibility index (Phi) is 8.26. The summed E-state index contributed by atoms with van der Waals surface area (Å²) >= 11 is 0. The summed E-state index contributed by atoms with van der Waals surface area (Å²) in [7, 11) is 0. The number of aliphatic imine (C=N–C) groups is 1. The molecule has 142 valence electrons. The number of rotatable bonds is 5. The van der Waals surface area contributed by atoms with Crippen molar-refractivity contribution in [2.45, 2.75) is 65.5 Å². The molecule has 0 unspecified atom stereocenters. The van der Waals surface area contributed by atoms with Crippen LogP contribution in [0, 0.1) is 5.41 Å². The van der Waals surface area contributed by atoms with E-state index in [4.69, 9.17) is 4.99 Å². The van der Waals surface area contributed by atoms with Crippen molar-refractivity contribution in [3.8, 4) is 0 Å². The molecule has 0 amide bonds. The minimum Gasteiger partial charge on any atom is -0.393 e. The summed E-state index contributed by atoms with van der Waals surface area (Å²) < 4.78 is 0. The number of nitrogens with zero attached hydrogens (tertiary/aromatic N) is 3. The van der Waals surface area contributed by atoms with Crippen LogP contribution in [0.4, 0.5) is 0 Å². The van der Waals surface area contributed by atoms with Gasteiger partial charge in [-0.3, -0.25) is 4.99 Å². The third-order valence-electron chi connectivity index (χ3n) is 5.93. The highest BCUT2D eigenvalue weighted by molar-refractivity contribution is 14.0. The lowest BCUT2D eigenvalue weighted by Crippen LogP contribution is -2.72. The van der Waals surface area contributed by atoms with Crippen molar-refractivity contribution < 1.29 is 5.11 Å². The van der Waals surface area contributed by atoms with Crippen molar-refractivity contribution in [1.82, 2.24) is 15.1 Å². The number of likely N-dealkylation sites (tertiary alicyclic amines) is 2. The van der Waals surface area contributed by atoms with E-state index in [1.54, 1.807) is 0 Å². The molecule has 0 bridgehead atoms. The number of aliphatic hydroxyl groups excluding tert-OH is 1. The van der Waals surface area contributed by atoms with Crippen LogP contribution in [-0.2, 0) is 0 Å². The highest BCUT2D eigenvalue weighted by Crippen LogP contribution is 2.46. The number of piperidine rings is 1. The van der Waals surface area contributed by atoms with Crippen LogP contribution < -0.4 is 5.32 Å². The molecule has 2 saturated heterocycles. The first-order valence-corrected chi connectivity index (χ1v) is 9.24. The third-order valence-corrected chi connectivity index (χ3v) is 5.93. The van der Waals surface area contributed by atoms with Crippen molar-refractivity contribution in [3.05, 3.63) is 0 Å². The monoisotopic (exact) mass is 452 g/mol. The molecule has 0 aromatic rings. The summed E-state index contributed by atoms with van der Waals surface area (Å²) in [6.45, 7) is 17.4. The maximum atomic E-state index is 9.55. The molecule has 2 fully saturated rings. The zero-order chi connectivity index (χ0) is 17.1. The molecule has 2 heterocycles. The van der Waals surface area contributed by atoms with Crippen LogP contribution in [-0.4, -0.2) is 71.8 Å². The quantitative estimate of drug-likeness (QED) is 0.292. The van der Waals surface area contributed by atoms with Crippen LogP contribution in [0.15, 0.2) is 4.99 Å². The summed E-state index contributed by atoms with van der Waals surface area (Å²) in [5.41, 5.74) is 0.481. The molecule has 5 nitrogen and oxygen atoms in total. The number of hydrogen-bond donors (Lipinski definition) is 2. The summed E-state index contributed by atoms with van der Waals surface area (Å²) in [5, 5.41) is 13.0. The lowest BCUT2D eigenvalue weighted by molar-refractivity contribution is -0.0667. The molecule has 0 radical (unpaired) electrons. The minimum atomic E-state index is -0.0818. The number of hydrogen-bond acceptors (Lipinski definition) is 3. The Labute approximate surface area is 165 Å². The van der Waals surface area contributed by atoms with Gasteiger partial charge >= 0.3 is 0 Å². The number of halogens is 1. The van der Waals surface area contributed by atoms with Gasteiger partial charge in [0, 0.05) is 43.7 Å². The molecule has 0 spiro atoms. The zero-order valence-corrected chi connectivity index (χ0v) is 18.5. The van der Waals surface area contributed by atoms with Crippen LogP contribution in [0.2, 0.25) is 0 Å². The van der Waals surface area contributed by atoms with E-state index < -0.39 is 0 Å². The average molecular weight is 452 g/mol. The van der Waals surface area contributed by atoms with Crippen LogP contribution in [0.25, 0.3) is 0 Å². The molecule has 0 aliphatic carbocycles. The standard InChI is InChI=1S/C18H36N4O.HI/c1-6-19-16(22-14-17(2,3)18(22,4)5)20-10-7-11-21-12-8-15(23)9-13-21;/h15,23H,6-14H2,1-5H3,(H,19,20);1H. The van der Waals surface area contributed by atoms with Gasteiger partial charge in [0.15, 0.2) is 5.96 Å². The van der Waals surface area contributed by atoms with Gasteiger partial charge in [-0.25, -0.2) is 0 Å². The zero-order valence-electron chi connectivity index (χ0n) is 16.1. The Morgan fingerprint density at radius 1 is 1.21 bits per heavy atom. The highest BCUT2D eigenvalue weighted by Gasteiger charge is 2.53. The molecule has 0 aromatic carbocycles. The van der Waals surface area contributed by atoms with Gasteiger partial charge in [-0.2, -0.15) is 0 Å². The number of guanidine groups is 1. The van der Waals surface area contributed by atoms with Crippen LogP contribution in [0.5, 0.6) is 0 Å². The van der Waals surface area contributed by atoms with Gasteiger partial charge in [-0.1, -0.05) is 13.8 Å². The van der Waals surface area contributed by atoms with Crippen molar-refractivity contribution >= 4 is 29.9 Å². The van der Waals surface area contributed by atoms with Gasteiger partial charge in [-0.15, -0.1) is 24.0 Å². The van der Waals surface area contributed by atoms with E-state index in [9.17, 15) is 5.11 Å². The second kappa shape index (κ2) is 9.03. The van der Waals surface area contributed by atoms with Crippen LogP contribution >= 0.6 is 24.0 Å². The molecule has 6 heteroatoms. The molecular weight excluding hydrogens is 415 g/mol. The molecule has 2 N–H and O–H groups in total. The second-order valence-corrected chi connectivity index (χ2v) is 8.19. The van der Waals surface area contributed by atoms with E-state index in [2.05, 4.69) is 49.7 Å². The van der Waals surface area contributed by atoms with Gasteiger partial charge in [0.05, 0.1) is 6.10 Å². The Bertz CT molecular complexity index is 417. The summed E-state index contributed by atoms with van der Waals surface area (Å²) in [6, 6.07) is 0. The van der Waals surface area contributed by atoms with Gasteiger partial charge in [0.2, 0.25) is 0 Å². The van der Waals surface area contributed by atoms with Crippen LogP contribution in [0.3, 0.4) is 0 Å². The topological polar surface area (TPSA) is 51.1 Å². The molecule has 2 aliphatic rings. The average Bonchev–Trinajstić information content (AvgIpc) is 2.50. The van der Waals surface area contributed by atoms with E-state index in [1.165, 1.54) is 0 Å². The van der Waals surface area contributed by atoms with Crippen molar-refractivity contribution in [1.29, 1.82) is 0 Å². The Morgan fingerprint density at radius 2 is 1.83 bits per heavy atom. The van der Waals surface area contributed by atoms with Crippen molar-refractivity contribution in [2.24, 2.45) is 10.4 Å². The molecule has 2 rings (SSSR count). The third kappa shape index (κ3) is 4.97. The van der Waals surface area contributed by atoms with E-state index in [0.29, 0.717) is 5.41 Å². The summed E-state index contributed by atoms with van der Waals surface area (Å²) in [6.07, 6.45) is 2.84. The molecule has 0 atom stereocenters. The molecular formula is C18H37IN4O. The van der Waals surface area contributed by atoms with E-state index in [0.717, 1.165) is 64.5 Å². The van der Waals surface area contributed by atoms with Gasteiger partial charge < -0.3 is 20.2 Å². The molecule has 0 saturated carbocycles. The second-order valence-electron chi connectivity index (χ2n) is 8.19. The first-order valence-electron chi connectivity index (χ1n) is 9.24. The largest absolute Gasteiger partial charge is 0.393 e.